The quantitative estimate of drug-likeness (QED) is 0.0622. The average molecular weight is 723 g/mol. The number of carbonyl (C=O) groups excluding carboxylic acids is 1. The third kappa shape index (κ3) is 7.66. The van der Waals surface area contributed by atoms with Crippen LogP contribution in [0.4, 0.5) is 5.69 Å². The van der Waals surface area contributed by atoms with Crippen LogP contribution in [0, 0.1) is 0 Å². The number of azide groups is 1. The number of ether oxygens (including phenoxy) is 2. The molecule has 1 aliphatic heterocycles. The van der Waals surface area contributed by atoms with Crippen molar-refractivity contribution in [1.82, 2.24) is 5.32 Å². The highest BCUT2D eigenvalue weighted by atomic mass is 79.9. The van der Waals surface area contributed by atoms with Crippen LogP contribution in [0.1, 0.15) is 34.8 Å². The molecule has 46 heavy (non-hydrogen) atoms. The van der Waals surface area contributed by atoms with Crippen LogP contribution in [0.5, 0.6) is 5.75 Å². The van der Waals surface area contributed by atoms with Crippen LogP contribution in [-0.4, -0.2) is 42.2 Å². The molecule has 0 spiro atoms. The highest BCUT2D eigenvalue weighted by Crippen LogP contribution is 2.46. The van der Waals surface area contributed by atoms with E-state index in [2.05, 4.69) is 31.3 Å². The molecule has 2 N–H and O–H groups in total. The molecule has 5 rings (SSSR count). The first-order chi connectivity index (χ1) is 22.3. The summed E-state index contributed by atoms with van der Waals surface area (Å²) in [4.78, 5) is 22.6. The fourth-order valence-electron chi connectivity index (χ4n) is 5.23. The number of carbonyl (C=O) groups is 1. The maximum atomic E-state index is 14.5. The molecule has 0 unspecified atom stereocenters. The second kappa shape index (κ2) is 15.5. The maximum absolute atomic E-state index is 14.5. The van der Waals surface area contributed by atoms with Gasteiger partial charge in [-0.15, -0.1) is 0 Å². The molecule has 0 saturated carbocycles. The monoisotopic (exact) mass is 721 g/mol. The second-order valence-electron chi connectivity index (χ2n) is 10.5. The van der Waals surface area contributed by atoms with Crippen LogP contribution >= 0.6 is 39.1 Å². The van der Waals surface area contributed by atoms with Gasteiger partial charge in [-0.3, -0.25) is 4.79 Å². The van der Waals surface area contributed by atoms with Crippen molar-refractivity contribution < 1.29 is 19.4 Å². The molecule has 9 nitrogen and oxygen atoms in total. The zero-order valence-corrected chi connectivity index (χ0v) is 27.7. The zero-order chi connectivity index (χ0) is 32.5. The van der Waals surface area contributed by atoms with Crippen LogP contribution < -0.4 is 10.1 Å². The molecule has 1 heterocycles. The molecular formula is C34H30BrCl2N5O4. The van der Waals surface area contributed by atoms with Crippen LogP contribution in [0.15, 0.2) is 106 Å². The van der Waals surface area contributed by atoms with Crippen LogP contribution in [0.2, 0.25) is 10.0 Å². The number of aliphatic hydroxyl groups is 1. The first-order valence-electron chi connectivity index (χ1n) is 14.5. The van der Waals surface area contributed by atoms with Gasteiger partial charge in [0.1, 0.15) is 5.75 Å². The third-order valence-electron chi connectivity index (χ3n) is 7.51. The Morgan fingerprint density at radius 3 is 2.57 bits per heavy atom. The van der Waals surface area contributed by atoms with E-state index >= 15 is 0 Å². The van der Waals surface area contributed by atoms with Crippen molar-refractivity contribution in [2.75, 3.05) is 19.8 Å². The lowest BCUT2D eigenvalue weighted by atomic mass is 9.81. The van der Waals surface area contributed by atoms with E-state index in [-0.39, 0.29) is 31.4 Å². The van der Waals surface area contributed by atoms with Gasteiger partial charge in [0, 0.05) is 62.2 Å². The van der Waals surface area contributed by atoms with E-state index in [1.54, 1.807) is 60.7 Å². The molecule has 0 aliphatic carbocycles. The summed E-state index contributed by atoms with van der Waals surface area (Å²) in [7, 11) is 0. The molecule has 0 radical (unpaired) electrons. The van der Waals surface area contributed by atoms with Gasteiger partial charge in [0.2, 0.25) is 5.90 Å². The summed E-state index contributed by atoms with van der Waals surface area (Å²) >= 11 is 16.1. The maximum Gasteiger partial charge on any atom is 0.252 e. The van der Waals surface area contributed by atoms with E-state index in [0.717, 1.165) is 15.6 Å². The van der Waals surface area contributed by atoms with Crippen molar-refractivity contribution in [1.29, 1.82) is 0 Å². The number of aliphatic hydroxyl groups excluding tert-OH is 1. The number of amides is 1. The standard InChI is InChI=1S/C34H30BrCl2N5O4/c35-28-8-3-1-6-24(28)21-34(33(44)39-17-16-22-10-13-25(36)20-29(22)37)31(27-7-2-4-9-30(27)41-42-38)46-32(40-34)23-11-14-26(15-12-23)45-19-5-18-43/h1-4,6-15,20,31,43H,5,16-19,21H2,(H,39,44)/t31-,34-/m1/s1. The molecule has 0 aromatic heterocycles. The minimum Gasteiger partial charge on any atom is -0.494 e. The normalized spacial score (nSPS) is 17.0. The van der Waals surface area contributed by atoms with Crippen molar-refractivity contribution in [3.05, 3.63) is 138 Å². The fourth-order valence-corrected chi connectivity index (χ4v) is 6.16. The average Bonchev–Trinajstić information content (AvgIpc) is 3.44. The van der Waals surface area contributed by atoms with E-state index < -0.39 is 11.6 Å². The Bertz CT molecular complexity index is 1780. The number of hydrogen-bond donors (Lipinski definition) is 2. The van der Waals surface area contributed by atoms with Crippen molar-refractivity contribution >= 4 is 56.6 Å². The van der Waals surface area contributed by atoms with Gasteiger partial charge in [0.15, 0.2) is 11.6 Å². The molecule has 0 fully saturated rings. The summed E-state index contributed by atoms with van der Waals surface area (Å²) in [5.74, 6) is 0.512. The minimum atomic E-state index is -1.50. The summed E-state index contributed by atoms with van der Waals surface area (Å²) in [6, 6.07) is 27.1. The lowest BCUT2D eigenvalue weighted by Crippen LogP contribution is -2.50. The van der Waals surface area contributed by atoms with Crippen LogP contribution in [0.25, 0.3) is 10.4 Å². The largest absolute Gasteiger partial charge is 0.494 e. The Kier molecular flexibility index (Phi) is 11.2. The predicted molar refractivity (Wildman–Crippen MR) is 183 cm³/mol. The number of rotatable bonds is 13. The second-order valence-corrected chi connectivity index (χ2v) is 12.2. The number of hydrogen-bond acceptors (Lipinski definition) is 6. The molecule has 4 aromatic carbocycles. The first kappa shape index (κ1) is 33.3. The third-order valence-corrected chi connectivity index (χ3v) is 8.87. The van der Waals surface area contributed by atoms with Crippen LogP contribution in [0.3, 0.4) is 0 Å². The van der Waals surface area contributed by atoms with Gasteiger partial charge >= 0.3 is 0 Å². The molecule has 1 aliphatic rings. The predicted octanol–water partition coefficient (Wildman–Crippen LogP) is 8.32. The van der Waals surface area contributed by atoms with E-state index in [0.29, 0.717) is 52.1 Å². The molecule has 0 bridgehead atoms. The number of nitrogens with zero attached hydrogens (tertiary/aromatic N) is 4. The Hall–Kier alpha value is -4.05. The number of nitrogens with one attached hydrogen (secondary N) is 1. The van der Waals surface area contributed by atoms with Gasteiger partial charge in [-0.05, 0) is 65.5 Å². The first-order valence-corrected chi connectivity index (χ1v) is 16.1. The van der Waals surface area contributed by atoms with Gasteiger partial charge in [0.05, 0.1) is 6.61 Å². The lowest BCUT2D eigenvalue weighted by molar-refractivity contribution is -0.128. The SMILES string of the molecule is [N-]=[N+]=Nc1ccccc1[C@H]1OC(c2ccc(OCCCO)cc2)=N[C@@]1(Cc1ccccc1Br)C(=O)NCCc1ccc(Cl)cc1Cl. The summed E-state index contributed by atoms with van der Waals surface area (Å²) in [6.45, 7) is 0.686. The Morgan fingerprint density at radius 1 is 1.07 bits per heavy atom. The van der Waals surface area contributed by atoms with Crippen molar-refractivity contribution in [2.24, 2.45) is 10.1 Å². The molecule has 4 aromatic rings. The van der Waals surface area contributed by atoms with Crippen molar-refractivity contribution in [3.63, 3.8) is 0 Å². The molecule has 0 saturated heterocycles. The van der Waals surface area contributed by atoms with Gasteiger partial charge in [-0.1, -0.05) is 92.8 Å². The summed E-state index contributed by atoms with van der Waals surface area (Å²) in [6.07, 6.45) is 0.196. The summed E-state index contributed by atoms with van der Waals surface area (Å²) in [5.41, 5.74) is 11.0. The zero-order valence-electron chi connectivity index (χ0n) is 24.6. The lowest BCUT2D eigenvalue weighted by Gasteiger charge is -2.31. The van der Waals surface area contributed by atoms with E-state index in [4.69, 9.17) is 42.8 Å². The van der Waals surface area contributed by atoms with Crippen molar-refractivity contribution in [3.8, 4) is 5.75 Å². The molecule has 2 atom stereocenters. The van der Waals surface area contributed by atoms with Crippen LogP contribution in [-0.2, 0) is 22.4 Å². The summed E-state index contributed by atoms with van der Waals surface area (Å²) < 4.78 is 13.1. The fraction of sp³-hybridized carbons (Fsp3) is 0.235. The smallest absolute Gasteiger partial charge is 0.252 e. The Morgan fingerprint density at radius 2 is 1.83 bits per heavy atom. The van der Waals surface area contributed by atoms with E-state index in [1.807, 2.05) is 30.3 Å². The summed E-state index contributed by atoms with van der Waals surface area (Å²) in [5, 5.41) is 17.1. The molecule has 236 valence electrons. The molecular weight excluding hydrogens is 693 g/mol. The van der Waals surface area contributed by atoms with Gasteiger partial charge in [0.25, 0.3) is 5.91 Å². The Balaban J connectivity index is 1.57. The van der Waals surface area contributed by atoms with E-state index in [1.165, 1.54) is 0 Å². The highest BCUT2D eigenvalue weighted by Gasteiger charge is 2.54. The Labute approximate surface area is 284 Å². The molecule has 12 heteroatoms. The topological polar surface area (TPSA) is 129 Å². The van der Waals surface area contributed by atoms with Gasteiger partial charge in [-0.2, -0.15) is 0 Å². The van der Waals surface area contributed by atoms with Crippen molar-refractivity contribution in [2.45, 2.75) is 30.9 Å². The number of aliphatic imine (C=N–C) groups is 1. The number of benzene rings is 4. The van der Waals surface area contributed by atoms with Gasteiger partial charge in [-0.25, -0.2) is 4.99 Å². The number of halogens is 3. The highest BCUT2D eigenvalue weighted by molar-refractivity contribution is 9.10. The van der Waals surface area contributed by atoms with E-state index in [9.17, 15) is 10.3 Å². The minimum absolute atomic E-state index is 0.0376. The van der Waals surface area contributed by atoms with Gasteiger partial charge < -0.3 is 19.9 Å². The molecule has 1 amide bonds.